The predicted octanol–water partition coefficient (Wildman–Crippen LogP) is 4.20. The molecule has 4 aromatic heterocycles. The highest BCUT2D eigenvalue weighted by atomic mass is 16.2. The van der Waals surface area contributed by atoms with Gasteiger partial charge in [-0.3, -0.25) is 9.78 Å². The normalized spacial score (nSPS) is 11.2. The van der Waals surface area contributed by atoms with Gasteiger partial charge >= 0.3 is 0 Å². The summed E-state index contributed by atoms with van der Waals surface area (Å²) in [5.41, 5.74) is 6.62. The van der Waals surface area contributed by atoms with Crippen molar-refractivity contribution in [2.45, 2.75) is 53.6 Å². The Balaban J connectivity index is 1.60. The first-order valence-corrected chi connectivity index (χ1v) is 13.0. The first kappa shape index (κ1) is 26.7. The van der Waals surface area contributed by atoms with E-state index in [0.29, 0.717) is 28.5 Å². The third-order valence-electron chi connectivity index (χ3n) is 6.33. The summed E-state index contributed by atoms with van der Waals surface area (Å²) in [5.74, 6) is 0.556. The van der Waals surface area contributed by atoms with Crippen molar-refractivity contribution in [1.82, 2.24) is 50.5 Å². The van der Waals surface area contributed by atoms with Crippen molar-refractivity contribution in [2.24, 2.45) is 0 Å². The molecule has 1 amide bonds. The molecule has 202 valence electrons. The van der Waals surface area contributed by atoms with Crippen molar-refractivity contribution in [3.8, 4) is 16.9 Å². The van der Waals surface area contributed by atoms with Crippen LogP contribution in [0.1, 0.15) is 64.3 Å². The number of carbonyl (C=O) groups excluding carboxylic acids is 1. The van der Waals surface area contributed by atoms with Crippen molar-refractivity contribution in [2.75, 3.05) is 0 Å². The minimum atomic E-state index is -0.209. The van der Waals surface area contributed by atoms with Gasteiger partial charge < -0.3 is 4.90 Å². The fourth-order valence-corrected chi connectivity index (χ4v) is 4.18. The highest BCUT2D eigenvalue weighted by Crippen LogP contribution is 2.26. The molecule has 0 saturated heterocycles. The second kappa shape index (κ2) is 11.4. The Morgan fingerprint density at radius 1 is 0.825 bits per heavy atom. The van der Waals surface area contributed by atoms with Crippen LogP contribution < -0.4 is 0 Å². The minimum absolute atomic E-state index is 0.0760. The Hall–Kier alpha value is -4.93. The molecule has 0 aliphatic rings. The van der Waals surface area contributed by atoms with Crippen molar-refractivity contribution in [1.29, 1.82) is 0 Å². The smallest absolute Gasteiger partial charge is 0.254 e. The lowest BCUT2D eigenvalue weighted by Gasteiger charge is -2.23. The van der Waals surface area contributed by atoms with Crippen LogP contribution in [0, 0.1) is 20.8 Å². The van der Waals surface area contributed by atoms with E-state index in [2.05, 4.69) is 40.9 Å². The fraction of sp³-hybridized carbons (Fsp3) is 0.276. The van der Waals surface area contributed by atoms with Gasteiger partial charge in [0, 0.05) is 23.2 Å². The second-order valence-corrected chi connectivity index (χ2v) is 10.1. The Labute approximate surface area is 232 Å². The molecule has 5 rings (SSSR count). The number of amides is 1. The molecule has 11 nitrogen and oxygen atoms in total. The van der Waals surface area contributed by atoms with E-state index in [1.807, 2.05) is 83.1 Å². The molecule has 40 heavy (non-hydrogen) atoms. The van der Waals surface area contributed by atoms with E-state index in [-0.39, 0.29) is 24.9 Å². The summed E-state index contributed by atoms with van der Waals surface area (Å²) in [5, 5.41) is 29.2. The zero-order valence-electron chi connectivity index (χ0n) is 23.1. The largest absolute Gasteiger partial charge is 0.327 e. The van der Waals surface area contributed by atoms with Gasteiger partial charge in [0.2, 0.25) is 0 Å². The molecular weight excluding hydrogens is 504 g/mol. The molecule has 0 saturated carbocycles. The summed E-state index contributed by atoms with van der Waals surface area (Å²) in [7, 11) is 0. The second-order valence-electron chi connectivity index (χ2n) is 10.1. The van der Waals surface area contributed by atoms with Gasteiger partial charge in [0.15, 0.2) is 5.82 Å². The molecule has 0 radical (unpaired) electrons. The van der Waals surface area contributed by atoms with Gasteiger partial charge in [-0.15, -0.1) is 5.10 Å². The molecule has 0 aliphatic heterocycles. The minimum Gasteiger partial charge on any atom is -0.327 e. The summed E-state index contributed by atoms with van der Waals surface area (Å²) >= 11 is 0. The molecule has 5 aromatic rings. The van der Waals surface area contributed by atoms with E-state index >= 15 is 0 Å². The van der Waals surface area contributed by atoms with Crippen LogP contribution in [-0.4, -0.2) is 56.4 Å². The number of hydrogen-bond acceptors (Lipinski definition) is 9. The van der Waals surface area contributed by atoms with Crippen LogP contribution in [0.4, 0.5) is 0 Å². The maximum atomic E-state index is 14.2. The first-order valence-electron chi connectivity index (χ1n) is 13.0. The number of aryl methyl sites for hydroxylation is 3. The SMILES string of the molecule is Cc1ccc(-c2cc(C(=O)N(Cc3ccc(C)nn3)Cc3ccc(C)nn3)cc(-n3nnnc3C(C)C)c2)nc1. The van der Waals surface area contributed by atoms with Crippen LogP contribution >= 0.6 is 0 Å². The van der Waals surface area contributed by atoms with E-state index < -0.39 is 0 Å². The highest BCUT2D eigenvalue weighted by Gasteiger charge is 2.22. The Bertz CT molecular complexity index is 1560. The molecule has 11 heteroatoms. The summed E-state index contributed by atoms with van der Waals surface area (Å²) in [6.45, 7) is 10.3. The zero-order valence-corrected chi connectivity index (χ0v) is 23.1. The molecular formula is C29H30N10O. The van der Waals surface area contributed by atoms with Crippen LogP contribution in [0.5, 0.6) is 0 Å². The van der Waals surface area contributed by atoms with Gasteiger partial charge in [-0.2, -0.15) is 25.1 Å². The molecule has 4 heterocycles. The fourth-order valence-electron chi connectivity index (χ4n) is 4.18. The lowest BCUT2D eigenvalue weighted by Crippen LogP contribution is -2.31. The number of hydrogen-bond donors (Lipinski definition) is 0. The van der Waals surface area contributed by atoms with E-state index in [4.69, 9.17) is 0 Å². The Kier molecular flexibility index (Phi) is 7.63. The van der Waals surface area contributed by atoms with Gasteiger partial charge in [0.25, 0.3) is 5.91 Å². The molecule has 0 spiro atoms. The van der Waals surface area contributed by atoms with Crippen molar-refractivity contribution in [3.63, 3.8) is 0 Å². The topological polar surface area (TPSA) is 128 Å². The van der Waals surface area contributed by atoms with E-state index in [1.54, 1.807) is 21.8 Å². The first-order chi connectivity index (χ1) is 19.3. The van der Waals surface area contributed by atoms with Gasteiger partial charge in [-0.1, -0.05) is 19.9 Å². The van der Waals surface area contributed by atoms with Gasteiger partial charge in [0.1, 0.15) is 0 Å². The monoisotopic (exact) mass is 534 g/mol. The maximum absolute atomic E-state index is 14.2. The number of nitrogens with zero attached hydrogens (tertiary/aromatic N) is 10. The average Bonchev–Trinajstić information content (AvgIpc) is 3.46. The predicted molar refractivity (Wildman–Crippen MR) is 148 cm³/mol. The third-order valence-corrected chi connectivity index (χ3v) is 6.33. The van der Waals surface area contributed by atoms with Crippen LogP contribution in [0.15, 0.2) is 60.8 Å². The van der Waals surface area contributed by atoms with Gasteiger partial charge in [-0.05, 0) is 85.3 Å². The Morgan fingerprint density at radius 2 is 1.50 bits per heavy atom. The summed E-state index contributed by atoms with van der Waals surface area (Å²) < 4.78 is 1.67. The van der Waals surface area contributed by atoms with Gasteiger partial charge in [0.05, 0.1) is 47.2 Å². The van der Waals surface area contributed by atoms with Crippen molar-refractivity contribution in [3.05, 3.63) is 101 Å². The van der Waals surface area contributed by atoms with Crippen molar-refractivity contribution < 1.29 is 4.79 Å². The zero-order chi connectivity index (χ0) is 28.2. The lowest BCUT2D eigenvalue weighted by molar-refractivity contribution is 0.0724. The summed E-state index contributed by atoms with van der Waals surface area (Å²) in [6, 6.07) is 17.0. The average molecular weight is 535 g/mol. The molecule has 0 unspecified atom stereocenters. The number of tetrazole rings is 1. The Morgan fingerprint density at radius 3 is 2.05 bits per heavy atom. The lowest BCUT2D eigenvalue weighted by atomic mass is 10.0. The van der Waals surface area contributed by atoms with E-state index in [0.717, 1.165) is 28.2 Å². The standard InChI is InChI=1S/C29H30N10O/c1-18(2)28-35-36-37-39(28)26-13-22(27-11-6-19(3)15-30-27)12-23(14-26)29(40)38(16-24-9-7-20(4)31-33-24)17-25-10-8-21(5)32-34-25/h6-15,18H,16-17H2,1-5H3. The number of carbonyl (C=O) groups is 1. The molecule has 0 aliphatic carbocycles. The number of benzene rings is 1. The number of pyridine rings is 1. The quantitative estimate of drug-likeness (QED) is 0.288. The van der Waals surface area contributed by atoms with Crippen LogP contribution in [-0.2, 0) is 13.1 Å². The number of aromatic nitrogens is 9. The molecule has 0 fully saturated rings. The van der Waals surface area contributed by atoms with Gasteiger partial charge in [-0.25, -0.2) is 0 Å². The third kappa shape index (κ3) is 6.04. The molecule has 0 bridgehead atoms. The molecule has 0 atom stereocenters. The summed E-state index contributed by atoms with van der Waals surface area (Å²) in [4.78, 5) is 20.5. The summed E-state index contributed by atoms with van der Waals surface area (Å²) in [6.07, 6.45) is 1.80. The molecule has 0 N–H and O–H groups in total. The maximum Gasteiger partial charge on any atom is 0.254 e. The van der Waals surface area contributed by atoms with E-state index in [9.17, 15) is 4.79 Å². The molecule has 1 aromatic carbocycles. The van der Waals surface area contributed by atoms with E-state index in [1.165, 1.54) is 0 Å². The highest BCUT2D eigenvalue weighted by molar-refractivity contribution is 5.96. The van der Waals surface area contributed by atoms with Crippen LogP contribution in [0.2, 0.25) is 0 Å². The van der Waals surface area contributed by atoms with Crippen LogP contribution in [0.3, 0.4) is 0 Å². The van der Waals surface area contributed by atoms with Crippen molar-refractivity contribution >= 4 is 5.91 Å². The van der Waals surface area contributed by atoms with Crippen LogP contribution in [0.25, 0.3) is 16.9 Å². The number of rotatable bonds is 8.